The molecule has 0 spiro atoms. The molecule has 0 radical (unpaired) electrons. The second-order valence-corrected chi connectivity index (χ2v) is 4.00. The third-order valence-corrected chi connectivity index (χ3v) is 2.70. The average molecular weight is 236 g/mol. The smallest absolute Gasteiger partial charge is 0.148 e. The van der Waals surface area contributed by atoms with E-state index in [0.717, 1.165) is 16.9 Å². The van der Waals surface area contributed by atoms with Crippen LogP contribution in [0.5, 0.6) is 5.75 Å². The Morgan fingerprint density at radius 2 is 1.50 bits per heavy atom. The first-order valence-electron chi connectivity index (χ1n) is 5.89. The number of ether oxygens (including phenoxy) is 1. The fourth-order valence-corrected chi connectivity index (χ4v) is 1.73. The van der Waals surface area contributed by atoms with E-state index in [1.54, 1.807) is 6.08 Å². The largest absolute Gasteiger partial charge is 0.481 e. The molecule has 0 N–H and O–H groups in total. The van der Waals surface area contributed by atoms with Gasteiger partial charge in [0.25, 0.3) is 0 Å². The van der Waals surface area contributed by atoms with E-state index in [9.17, 15) is 0 Å². The Morgan fingerprint density at radius 3 is 2.06 bits per heavy atom. The Hall–Kier alpha value is -2.28. The van der Waals surface area contributed by atoms with Gasteiger partial charge in [-0.1, -0.05) is 67.8 Å². The van der Waals surface area contributed by atoms with Crippen LogP contribution in [0.2, 0.25) is 0 Å². The highest BCUT2D eigenvalue weighted by atomic mass is 16.5. The average Bonchev–Trinajstić information content (AvgIpc) is 2.46. The highest BCUT2D eigenvalue weighted by Crippen LogP contribution is 2.27. The van der Waals surface area contributed by atoms with Gasteiger partial charge in [0.2, 0.25) is 0 Å². The molecule has 0 aliphatic heterocycles. The van der Waals surface area contributed by atoms with Gasteiger partial charge >= 0.3 is 0 Å². The van der Waals surface area contributed by atoms with Gasteiger partial charge in [-0.05, 0) is 23.3 Å². The van der Waals surface area contributed by atoms with Crippen molar-refractivity contribution in [1.82, 2.24) is 0 Å². The molecule has 2 rings (SSSR count). The minimum Gasteiger partial charge on any atom is -0.481 e. The van der Waals surface area contributed by atoms with E-state index in [0.29, 0.717) is 0 Å². The van der Waals surface area contributed by atoms with E-state index < -0.39 is 0 Å². The summed E-state index contributed by atoms with van der Waals surface area (Å²) in [6.07, 6.45) is 1.55. The molecule has 90 valence electrons. The monoisotopic (exact) mass is 236 g/mol. The summed E-state index contributed by atoms with van der Waals surface area (Å²) in [5, 5.41) is 0. The quantitative estimate of drug-likeness (QED) is 0.692. The summed E-state index contributed by atoms with van der Waals surface area (Å²) in [6.45, 7) is 7.77. The molecule has 0 saturated heterocycles. The van der Waals surface area contributed by atoms with Crippen molar-refractivity contribution < 1.29 is 4.74 Å². The Labute approximate surface area is 108 Å². The van der Waals surface area contributed by atoms with Crippen molar-refractivity contribution >= 4 is 0 Å². The number of hydrogen-bond donors (Lipinski definition) is 0. The summed E-state index contributed by atoms with van der Waals surface area (Å²) in [7, 11) is 0. The summed E-state index contributed by atoms with van der Waals surface area (Å²) in [4.78, 5) is 0. The summed E-state index contributed by atoms with van der Waals surface area (Å²) >= 11 is 0. The van der Waals surface area contributed by atoms with Crippen molar-refractivity contribution in [2.75, 3.05) is 0 Å². The molecule has 0 aliphatic carbocycles. The fourth-order valence-electron chi connectivity index (χ4n) is 1.73. The zero-order chi connectivity index (χ0) is 12.8. The van der Waals surface area contributed by atoms with Gasteiger partial charge in [-0.15, -0.1) is 0 Å². The third kappa shape index (κ3) is 2.89. The molecule has 1 unspecified atom stereocenters. The Kier molecular flexibility index (Phi) is 3.98. The molecule has 0 heterocycles. The number of para-hydroxylation sites is 1. The predicted octanol–water partition coefficient (Wildman–Crippen LogP) is 4.55. The van der Waals surface area contributed by atoms with Crippen LogP contribution in [0, 0.1) is 0 Å². The first-order chi connectivity index (χ1) is 8.81. The van der Waals surface area contributed by atoms with Crippen molar-refractivity contribution in [3.63, 3.8) is 0 Å². The number of benzene rings is 2. The number of rotatable bonds is 5. The van der Waals surface area contributed by atoms with Crippen LogP contribution in [0.25, 0.3) is 0 Å². The van der Waals surface area contributed by atoms with E-state index in [1.165, 1.54) is 0 Å². The second kappa shape index (κ2) is 5.87. The van der Waals surface area contributed by atoms with Crippen LogP contribution in [0.15, 0.2) is 85.5 Å². The molecule has 18 heavy (non-hydrogen) atoms. The fraction of sp³-hybridized carbons (Fsp3) is 0.0588. The molecule has 1 atom stereocenters. The van der Waals surface area contributed by atoms with Crippen molar-refractivity contribution in [3.8, 4) is 5.75 Å². The highest BCUT2D eigenvalue weighted by Gasteiger charge is 2.14. The van der Waals surface area contributed by atoms with Crippen LogP contribution >= 0.6 is 0 Å². The topological polar surface area (TPSA) is 9.23 Å². The maximum absolute atomic E-state index is 5.98. The molecule has 0 aliphatic rings. The van der Waals surface area contributed by atoms with Gasteiger partial charge < -0.3 is 4.74 Å². The minimum atomic E-state index is -0.189. The maximum atomic E-state index is 5.98. The molecule has 1 nitrogen and oxygen atoms in total. The Morgan fingerprint density at radius 1 is 0.944 bits per heavy atom. The molecule has 0 aromatic heterocycles. The van der Waals surface area contributed by atoms with E-state index >= 15 is 0 Å². The molecule has 2 aromatic rings. The lowest BCUT2D eigenvalue weighted by Crippen LogP contribution is -2.08. The van der Waals surface area contributed by atoms with Crippen LogP contribution in [-0.4, -0.2) is 0 Å². The summed E-state index contributed by atoms with van der Waals surface area (Å²) in [5.74, 6) is 0.828. The Balaban J connectivity index is 2.27. The molecule has 0 bridgehead atoms. The molecular weight excluding hydrogens is 220 g/mol. The normalized spacial score (nSPS) is 11.6. The summed E-state index contributed by atoms with van der Waals surface area (Å²) in [5.41, 5.74) is 1.93. The van der Waals surface area contributed by atoms with E-state index in [-0.39, 0.29) is 6.10 Å². The van der Waals surface area contributed by atoms with E-state index in [1.807, 2.05) is 60.7 Å². The molecule has 1 heteroatoms. The highest BCUT2D eigenvalue weighted by molar-refractivity contribution is 5.32. The Bertz CT molecular complexity index is 514. The van der Waals surface area contributed by atoms with Gasteiger partial charge in [0.1, 0.15) is 11.9 Å². The van der Waals surface area contributed by atoms with Crippen molar-refractivity contribution in [2.24, 2.45) is 0 Å². The summed E-state index contributed by atoms with van der Waals surface area (Å²) in [6, 6.07) is 19.8. The molecule has 0 saturated carbocycles. The van der Waals surface area contributed by atoms with Crippen molar-refractivity contribution in [1.29, 1.82) is 0 Å². The zero-order valence-corrected chi connectivity index (χ0v) is 10.3. The first-order valence-corrected chi connectivity index (χ1v) is 5.89. The summed E-state index contributed by atoms with van der Waals surface area (Å²) < 4.78 is 5.98. The maximum Gasteiger partial charge on any atom is 0.148 e. The van der Waals surface area contributed by atoms with Gasteiger partial charge in [0.05, 0.1) is 0 Å². The molecule has 0 amide bonds. The van der Waals surface area contributed by atoms with Crippen molar-refractivity contribution in [2.45, 2.75) is 6.10 Å². The lowest BCUT2D eigenvalue weighted by atomic mass is 10.0. The van der Waals surface area contributed by atoms with Gasteiger partial charge in [0.15, 0.2) is 0 Å². The second-order valence-electron chi connectivity index (χ2n) is 4.00. The van der Waals surface area contributed by atoms with Gasteiger partial charge in [-0.2, -0.15) is 0 Å². The molecular formula is C17H16O. The molecule has 2 aromatic carbocycles. The van der Waals surface area contributed by atoms with Crippen LogP contribution in [0.1, 0.15) is 11.7 Å². The van der Waals surface area contributed by atoms with Crippen LogP contribution in [-0.2, 0) is 0 Å². The standard InChI is InChI=1S/C17H16O/c1-3-14(2)17(15-10-6-4-7-11-15)18-16-12-8-5-9-13-16/h3-13,17H,1-2H2. The predicted molar refractivity (Wildman–Crippen MR) is 75.6 cm³/mol. The van der Waals surface area contributed by atoms with Gasteiger partial charge in [0, 0.05) is 0 Å². The van der Waals surface area contributed by atoms with Crippen LogP contribution in [0.3, 0.4) is 0 Å². The van der Waals surface area contributed by atoms with E-state index in [2.05, 4.69) is 13.2 Å². The van der Waals surface area contributed by atoms with Gasteiger partial charge in [-0.25, -0.2) is 0 Å². The van der Waals surface area contributed by atoms with E-state index in [4.69, 9.17) is 4.74 Å². The zero-order valence-electron chi connectivity index (χ0n) is 10.3. The lowest BCUT2D eigenvalue weighted by Gasteiger charge is -2.20. The molecule has 0 fully saturated rings. The van der Waals surface area contributed by atoms with Crippen LogP contribution < -0.4 is 4.74 Å². The first kappa shape index (κ1) is 12.2. The van der Waals surface area contributed by atoms with Crippen molar-refractivity contribution in [3.05, 3.63) is 91.0 Å². The minimum absolute atomic E-state index is 0.189. The third-order valence-electron chi connectivity index (χ3n) is 2.70. The number of hydrogen-bond acceptors (Lipinski definition) is 1. The SMILES string of the molecule is C=CC(=C)C(Oc1ccccc1)c1ccccc1. The van der Waals surface area contributed by atoms with Crippen LogP contribution in [0.4, 0.5) is 0 Å². The van der Waals surface area contributed by atoms with Gasteiger partial charge in [-0.3, -0.25) is 0 Å². The lowest BCUT2D eigenvalue weighted by molar-refractivity contribution is 0.247.